The van der Waals surface area contributed by atoms with Gasteiger partial charge in [-0.1, -0.05) is 30.3 Å². The highest BCUT2D eigenvalue weighted by atomic mass is 16.6. The van der Waals surface area contributed by atoms with E-state index in [-0.39, 0.29) is 25.6 Å². The maximum Gasteiger partial charge on any atom is 0.407 e. The maximum absolute atomic E-state index is 11.4. The first-order chi connectivity index (χ1) is 8.58. The smallest absolute Gasteiger partial charge is 0.407 e. The van der Waals surface area contributed by atoms with Gasteiger partial charge in [0.2, 0.25) is 6.54 Å². The molecular formula is C12H16N2O4. The lowest BCUT2D eigenvalue weighted by atomic mass is 10.2. The van der Waals surface area contributed by atoms with E-state index in [4.69, 9.17) is 4.74 Å². The van der Waals surface area contributed by atoms with Gasteiger partial charge in [-0.05, 0) is 12.5 Å². The third-order valence-electron chi connectivity index (χ3n) is 2.32. The first kappa shape index (κ1) is 14.0. The van der Waals surface area contributed by atoms with E-state index in [1.54, 1.807) is 6.92 Å². The van der Waals surface area contributed by atoms with E-state index in [1.807, 2.05) is 30.3 Å². The average Bonchev–Trinajstić information content (AvgIpc) is 2.35. The number of carbonyl (C=O) groups excluding carboxylic acids is 1. The average molecular weight is 252 g/mol. The fourth-order valence-electron chi connectivity index (χ4n) is 1.34. The van der Waals surface area contributed by atoms with Crippen molar-refractivity contribution in [1.82, 2.24) is 5.32 Å². The lowest BCUT2D eigenvalue weighted by molar-refractivity contribution is -0.480. The second-order valence-corrected chi connectivity index (χ2v) is 3.95. The molecule has 0 spiro atoms. The molecule has 0 saturated heterocycles. The summed E-state index contributed by atoms with van der Waals surface area (Å²) in [6.45, 7) is 1.72. The summed E-state index contributed by atoms with van der Waals surface area (Å²) >= 11 is 0. The summed E-state index contributed by atoms with van der Waals surface area (Å²) in [5.74, 6) is 0. The molecule has 1 amide bonds. The number of nitro groups is 1. The summed E-state index contributed by atoms with van der Waals surface area (Å²) in [7, 11) is 0. The molecule has 6 nitrogen and oxygen atoms in total. The van der Waals surface area contributed by atoms with Crippen molar-refractivity contribution in [2.45, 2.75) is 26.0 Å². The van der Waals surface area contributed by atoms with Gasteiger partial charge in [-0.25, -0.2) is 4.79 Å². The number of hydrogen-bond donors (Lipinski definition) is 1. The van der Waals surface area contributed by atoms with Crippen molar-refractivity contribution >= 4 is 6.09 Å². The summed E-state index contributed by atoms with van der Waals surface area (Å²) in [5.41, 5.74) is 0.894. The monoisotopic (exact) mass is 252 g/mol. The number of carbonyl (C=O) groups is 1. The van der Waals surface area contributed by atoms with Crippen LogP contribution in [0.2, 0.25) is 0 Å². The van der Waals surface area contributed by atoms with Crippen LogP contribution in [0.4, 0.5) is 4.79 Å². The molecule has 6 heteroatoms. The molecule has 98 valence electrons. The third-order valence-corrected chi connectivity index (χ3v) is 2.32. The fourth-order valence-corrected chi connectivity index (χ4v) is 1.34. The standard InChI is InChI=1S/C12H16N2O4/c1-10(7-8-14(16)17)13-12(15)18-9-11-5-3-2-4-6-11/h2-6,10H,7-9H2,1H3,(H,13,15). The second kappa shape index (κ2) is 7.26. The van der Waals surface area contributed by atoms with E-state index in [0.29, 0.717) is 0 Å². The van der Waals surface area contributed by atoms with Crippen LogP contribution in [0.15, 0.2) is 30.3 Å². The van der Waals surface area contributed by atoms with Crippen molar-refractivity contribution in [3.05, 3.63) is 46.0 Å². The van der Waals surface area contributed by atoms with Crippen LogP contribution in [0, 0.1) is 10.1 Å². The van der Waals surface area contributed by atoms with Crippen molar-refractivity contribution in [1.29, 1.82) is 0 Å². The molecule has 1 rings (SSSR count). The van der Waals surface area contributed by atoms with E-state index in [0.717, 1.165) is 5.56 Å². The molecule has 1 aromatic carbocycles. The lowest BCUT2D eigenvalue weighted by Gasteiger charge is -2.12. The van der Waals surface area contributed by atoms with Crippen molar-refractivity contribution in [3.8, 4) is 0 Å². The van der Waals surface area contributed by atoms with Gasteiger partial charge in [-0.15, -0.1) is 0 Å². The zero-order chi connectivity index (χ0) is 13.4. The number of ether oxygens (including phenoxy) is 1. The molecule has 0 fully saturated rings. The molecule has 1 unspecified atom stereocenters. The Bertz CT molecular complexity index is 394. The van der Waals surface area contributed by atoms with Crippen molar-refractivity contribution in [2.24, 2.45) is 0 Å². The molecule has 1 N–H and O–H groups in total. The van der Waals surface area contributed by atoms with Crippen LogP contribution in [-0.2, 0) is 11.3 Å². The molecule has 0 aliphatic carbocycles. The Balaban J connectivity index is 2.23. The van der Waals surface area contributed by atoms with Crippen LogP contribution in [0.25, 0.3) is 0 Å². The predicted molar refractivity (Wildman–Crippen MR) is 65.7 cm³/mol. The lowest BCUT2D eigenvalue weighted by Crippen LogP contribution is -2.34. The van der Waals surface area contributed by atoms with Gasteiger partial charge in [0.05, 0.1) is 0 Å². The van der Waals surface area contributed by atoms with Crippen LogP contribution >= 0.6 is 0 Å². The van der Waals surface area contributed by atoms with Gasteiger partial charge in [-0.3, -0.25) is 10.1 Å². The molecule has 0 heterocycles. The summed E-state index contributed by atoms with van der Waals surface area (Å²) in [4.78, 5) is 21.1. The number of alkyl carbamates (subject to hydrolysis) is 1. The number of amides is 1. The Morgan fingerprint density at radius 3 is 2.72 bits per heavy atom. The predicted octanol–water partition coefficient (Wildman–Crippen LogP) is 1.97. The van der Waals surface area contributed by atoms with E-state index < -0.39 is 11.0 Å². The minimum absolute atomic E-state index is 0.167. The van der Waals surface area contributed by atoms with Gasteiger partial charge < -0.3 is 10.1 Å². The topological polar surface area (TPSA) is 81.5 Å². The Morgan fingerprint density at radius 1 is 1.44 bits per heavy atom. The quantitative estimate of drug-likeness (QED) is 0.620. The molecule has 0 aliphatic heterocycles. The van der Waals surface area contributed by atoms with E-state index >= 15 is 0 Å². The summed E-state index contributed by atoms with van der Waals surface area (Å²) in [6, 6.07) is 9.02. The van der Waals surface area contributed by atoms with Crippen LogP contribution < -0.4 is 5.32 Å². The van der Waals surface area contributed by atoms with Gasteiger partial charge in [-0.2, -0.15) is 0 Å². The Labute approximate surface area is 105 Å². The van der Waals surface area contributed by atoms with Crippen LogP contribution in [0.1, 0.15) is 18.9 Å². The van der Waals surface area contributed by atoms with Gasteiger partial charge in [0.15, 0.2) is 0 Å². The Morgan fingerprint density at radius 2 is 2.11 bits per heavy atom. The van der Waals surface area contributed by atoms with Gasteiger partial charge >= 0.3 is 6.09 Å². The van der Waals surface area contributed by atoms with Crippen LogP contribution in [0.3, 0.4) is 0 Å². The molecule has 0 aliphatic rings. The van der Waals surface area contributed by atoms with Gasteiger partial charge in [0.1, 0.15) is 6.61 Å². The molecule has 1 aromatic rings. The largest absolute Gasteiger partial charge is 0.445 e. The maximum atomic E-state index is 11.4. The highest BCUT2D eigenvalue weighted by Gasteiger charge is 2.10. The molecule has 0 aromatic heterocycles. The fraction of sp³-hybridized carbons (Fsp3) is 0.417. The first-order valence-corrected chi connectivity index (χ1v) is 5.67. The summed E-state index contributed by atoms with van der Waals surface area (Å²) in [5, 5.41) is 12.7. The first-order valence-electron chi connectivity index (χ1n) is 5.67. The van der Waals surface area contributed by atoms with Crippen LogP contribution in [0.5, 0.6) is 0 Å². The van der Waals surface area contributed by atoms with Crippen LogP contribution in [-0.4, -0.2) is 23.6 Å². The van der Waals surface area contributed by atoms with Crippen molar-refractivity contribution < 1.29 is 14.5 Å². The number of nitrogens with one attached hydrogen (secondary N) is 1. The minimum atomic E-state index is -0.560. The molecule has 18 heavy (non-hydrogen) atoms. The number of benzene rings is 1. The van der Waals surface area contributed by atoms with E-state index in [1.165, 1.54) is 0 Å². The second-order valence-electron chi connectivity index (χ2n) is 3.95. The SMILES string of the molecule is CC(CC[N+](=O)[O-])NC(=O)OCc1ccccc1. The highest BCUT2D eigenvalue weighted by molar-refractivity contribution is 5.67. The molecule has 1 atom stereocenters. The number of nitrogens with zero attached hydrogens (tertiary/aromatic N) is 1. The normalized spacial score (nSPS) is 11.6. The third kappa shape index (κ3) is 5.83. The van der Waals surface area contributed by atoms with E-state index in [2.05, 4.69) is 5.32 Å². The molecule has 0 radical (unpaired) electrons. The summed E-state index contributed by atoms with van der Waals surface area (Å²) in [6.07, 6.45) is -0.275. The van der Waals surface area contributed by atoms with E-state index in [9.17, 15) is 14.9 Å². The molecule has 0 saturated carbocycles. The highest BCUT2D eigenvalue weighted by Crippen LogP contribution is 2.01. The molecular weight excluding hydrogens is 236 g/mol. The molecule has 0 bridgehead atoms. The number of rotatable bonds is 6. The Kier molecular flexibility index (Phi) is 5.63. The van der Waals surface area contributed by atoms with Gasteiger partial charge in [0, 0.05) is 17.4 Å². The minimum Gasteiger partial charge on any atom is -0.445 e. The zero-order valence-corrected chi connectivity index (χ0v) is 10.2. The zero-order valence-electron chi connectivity index (χ0n) is 10.2. The Hall–Kier alpha value is -2.11. The number of hydrogen-bond acceptors (Lipinski definition) is 4. The van der Waals surface area contributed by atoms with Crippen molar-refractivity contribution in [2.75, 3.05) is 6.54 Å². The summed E-state index contributed by atoms with van der Waals surface area (Å²) < 4.78 is 4.99. The van der Waals surface area contributed by atoms with Crippen molar-refractivity contribution in [3.63, 3.8) is 0 Å². The van der Waals surface area contributed by atoms with Gasteiger partial charge in [0.25, 0.3) is 0 Å².